The minimum absolute atomic E-state index is 0.123. The van der Waals surface area contributed by atoms with Crippen molar-refractivity contribution in [2.45, 2.75) is 6.92 Å². The molecule has 88 valence electrons. The average molecular weight is 270 g/mol. The third-order valence-electron chi connectivity index (χ3n) is 2.25. The topological polar surface area (TPSA) is 39.2 Å². The molecule has 0 aliphatic heterocycles. The summed E-state index contributed by atoms with van der Waals surface area (Å²) in [5.74, 6) is -0.494. The first kappa shape index (κ1) is 12.1. The lowest BCUT2D eigenvalue weighted by molar-refractivity contribution is 0.0526. The van der Waals surface area contributed by atoms with Gasteiger partial charge in [-0.1, -0.05) is 29.3 Å². The highest BCUT2D eigenvalue weighted by Crippen LogP contribution is 2.26. The van der Waals surface area contributed by atoms with Crippen molar-refractivity contribution < 1.29 is 9.53 Å². The Morgan fingerprint density at radius 1 is 1.41 bits per heavy atom. The number of fused-ring (bicyclic) bond motifs is 1. The number of carbonyl (C=O) groups is 1. The van der Waals surface area contributed by atoms with E-state index in [1.54, 1.807) is 31.2 Å². The number of halogens is 2. The van der Waals surface area contributed by atoms with Gasteiger partial charge >= 0.3 is 5.97 Å². The Balaban J connectivity index is 2.61. The minimum Gasteiger partial charge on any atom is -0.462 e. The molecule has 1 heterocycles. The predicted molar refractivity (Wildman–Crippen MR) is 67.7 cm³/mol. The van der Waals surface area contributed by atoms with E-state index in [2.05, 4.69) is 4.98 Å². The van der Waals surface area contributed by atoms with E-state index >= 15 is 0 Å². The van der Waals surface area contributed by atoms with Gasteiger partial charge in [0.15, 0.2) is 0 Å². The van der Waals surface area contributed by atoms with Gasteiger partial charge in [-0.05, 0) is 25.1 Å². The van der Waals surface area contributed by atoms with Gasteiger partial charge < -0.3 is 4.74 Å². The Hall–Kier alpha value is -1.32. The molecule has 0 saturated carbocycles. The Morgan fingerprint density at radius 3 is 2.88 bits per heavy atom. The van der Waals surface area contributed by atoms with E-state index in [1.165, 1.54) is 0 Å². The van der Waals surface area contributed by atoms with Crippen LogP contribution in [-0.2, 0) is 4.74 Å². The van der Waals surface area contributed by atoms with E-state index < -0.39 is 5.97 Å². The zero-order valence-corrected chi connectivity index (χ0v) is 10.5. The molecular formula is C12H9Cl2NO2. The highest BCUT2D eigenvalue weighted by atomic mass is 35.5. The van der Waals surface area contributed by atoms with E-state index in [1.807, 2.05) is 0 Å². The molecule has 0 amide bonds. The Bertz CT molecular complexity index is 584. The Labute approximate surface area is 108 Å². The van der Waals surface area contributed by atoms with Crippen LogP contribution in [0.15, 0.2) is 24.3 Å². The van der Waals surface area contributed by atoms with Crippen molar-refractivity contribution in [2.75, 3.05) is 6.61 Å². The van der Waals surface area contributed by atoms with Gasteiger partial charge in [-0.15, -0.1) is 0 Å². The number of aromatic nitrogens is 1. The molecule has 0 aliphatic rings. The third kappa shape index (κ3) is 2.35. The highest BCUT2D eigenvalue weighted by molar-refractivity contribution is 6.36. The summed E-state index contributed by atoms with van der Waals surface area (Å²) in [5.41, 5.74) is 0.879. The van der Waals surface area contributed by atoms with E-state index in [0.29, 0.717) is 15.9 Å². The first-order valence-corrected chi connectivity index (χ1v) is 5.81. The fraction of sp³-hybridized carbons (Fsp3) is 0.167. The van der Waals surface area contributed by atoms with Crippen LogP contribution in [0.5, 0.6) is 0 Å². The fourth-order valence-electron chi connectivity index (χ4n) is 1.49. The van der Waals surface area contributed by atoms with E-state index in [9.17, 15) is 4.79 Å². The lowest BCUT2D eigenvalue weighted by atomic mass is 10.1. The standard InChI is InChI=1S/C12H9Cl2NO2/c1-2-17-12(16)8-6-7-9(13)4-3-5-10(7)15-11(8)14/h3-6H,2H2,1H3. The van der Waals surface area contributed by atoms with Crippen molar-refractivity contribution in [3.05, 3.63) is 40.0 Å². The monoisotopic (exact) mass is 269 g/mol. The summed E-state index contributed by atoms with van der Waals surface area (Å²) in [6.07, 6.45) is 0. The maximum Gasteiger partial charge on any atom is 0.341 e. The summed E-state index contributed by atoms with van der Waals surface area (Å²) in [4.78, 5) is 15.8. The Morgan fingerprint density at radius 2 is 2.18 bits per heavy atom. The van der Waals surface area contributed by atoms with Gasteiger partial charge in [0, 0.05) is 10.4 Å². The number of benzene rings is 1. The maximum absolute atomic E-state index is 11.6. The van der Waals surface area contributed by atoms with Crippen LogP contribution in [0.3, 0.4) is 0 Å². The van der Waals surface area contributed by atoms with Crippen LogP contribution in [0, 0.1) is 0 Å². The molecule has 0 saturated heterocycles. The van der Waals surface area contributed by atoms with E-state index in [4.69, 9.17) is 27.9 Å². The molecule has 2 aromatic rings. The molecule has 0 radical (unpaired) electrons. The van der Waals surface area contributed by atoms with Gasteiger partial charge in [0.2, 0.25) is 0 Å². The smallest absolute Gasteiger partial charge is 0.341 e. The number of ether oxygens (including phenoxy) is 1. The summed E-state index contributed by atoms with van der Waals surface area (Å²) < 4.78 is 4.89. The van der Waals surface area contributed by atoms with Crippen LogP contribution in [0.4, 0.5) is 0 Å². The van der Waals surface area contributed by atoms with Gasteiger partial charge in [-0.2, -0.15) is 0 Å². The number of hydrogen-bond acceptors (Lipinski definition) is 3. The van der Waals surface area contributed by atoms with Crippen LogP contribution in [0.1, 0.15) is 17.3 Å². The summed E-state index contributed by atoms with van der Waals surface area (Å²) in [6, 6.07) is 6.89. The molecule has 0 bridgehead atoms. The summed E-state index contributed by atoms with van der Waals surface area (Å²) in [5, 5.41) is 1.33. The Kier molecular flexibility index (Phi) is 3.50. The van der Waals surface area contributed by atoms with Crippen molar-refractivity contribution in [3.63, 3.8) is 0 Å². The normalized spacial score (nSPS) is 10.5. The molecule has 1 aromatic carbocycles. The summed E-state index contributed by atoms with van der Waals surface area (Å²) in [7, 11) is 0. The van der Waals surface area contributed by atoms with Crippen molar-refractivity contribution in [1.29, 1.82) is 0 Å². The maximum atomic E-state index is 11.6. The van der Waals surface area contributed by atoms with Gasteiger partial charge in [-0.25, -0.2) is 9.78 Å². The molecule has 17 heavy (non-hydrogen) atoms. The van der Waals surface area contributed by atoms with Crippen molar-refractivity contribution in [2.24, 2.45) is 0 Å². The zero-order chi connectivity index (χ0) is 12.4. The number of pyridine rings is 1. The lowest BCUT2D eigenvalue weighted by Crippen LogP contribution is -2.06. The second-order valence-electron chi connectivity index (χ2n) is 3.35. The first-order valence-electron chi connectivity index (χ1n) is 5.05. The van der Waals surface area contributed by atoms with Crippen LogP contribution in [0.25, 0.3) is 10.9 Å². The molecule has 3 nitrogen and oxygen atoms in total. The SMILES string of the molecule is CCOC(=O)c1cc2c(Cl)cccc2nc1Cl. The molecule has 0 atom stereocenters. The average Bonchev–Trinajstić information content (AvgIpc) is 2.29. The van der Waals surface area contributed by atoms with Gasteiger partial charge in [-0.3, -0.25) is 0 Å². The molecule has 0 unspecified atom stereocenters. The number of rotatable bonds is 2. The van der Waals surface area contributed by atoms with Crippen LogP contribution >= 0.6 is 23.2 Å². The molecule has 0 fully saturated rings. The predicted octanol–water partition coefficient (Wildman–Crippen LogP) is 3.72. The molecule has 5 heteroatoms. The van der Waals surface area contributed by atoms with Crippen molar-refractivity contribution >= 4 is 40.1 Å². The van der Waals surface area contributed by atoms with Crippen LogP contribution in [0.2, 0.25) is 10.2 Å². The fourth-order valence-corrected chi connectivity index (χ4v) is 1.93. The van der Waals surface area contributed by atoms with Crippen molar-refractivity contribution in [1.82, 2.24) is 4.98 Å². The minimum atomic E-state index is -0.494. The summed E-state index contributed by atoms with van der Waals surface area (Å²) >= 11 is 12.0. The van der Waals surface area contributed by atoms with E-state index in [-0.39, 0.29) is 17.3 Å². The third-order valence-corrected chi connectivity index (χ3v) is 2.87. The van der Waals surface area contributed by atoms with Crippen molar-refractivity contribution in [3.8, 4) is 0 Å². The number of nitrogens with zero attached hydrogens (tertiary/aromatic N) is 1. The van der Waals surface area contributed by atoms with Gasteiger partial charge in [0.25, 0.3) is 0 Å². The largest absolute Gasteiger partial charge is 0.462 e. The molecule has 2 rings (SSSR count). The molecule has 0 spiro atoms. The molecule has 0 aliphatic carbocycles. The van der Waals surface area contributed by atoms with Crippen LogP contribution in [-0.4, -0.2) is 17.6 Å². The second kappa shape index (κ2) is 4.90. The van der Waals surface area contributed by atoms with E-state index in [0.717, 1.165) is 0 Å². The molecule has 1 aromatic heterocycles. The quantitative estimate of drug-likeness (QED) is 0.616. The number of esters is 1. The molecular weight excluding hydrogens is 261 g/mol. The highest BCUT2D eigenvalue weighted by Gasteiger charge is 2.14. The van der Waals surface area contributed by atoms with Gasteiger partial charge in [0.05, 0.1) is 17.7 Å². The first-order chi connectivity index (χ1) is 8.13. The zero-order valence-electron chi connectivity index (χ0n) is 9.04. The number of carbonyl (C=O) groups excluding carboxylic acids is 1. The molecule has 0 N–H and O–H groups in total. The lowest BCUT2D eigenvalue weighted by Gasteiger charge is -2.06. The summed E-state index contributed by atoms with van der Waals surface area (Å²) in [6.45, 7) is 2.02. The second-order valence-corrected chi connectivity index (χ2v) is 4.12. The van der Waals surface area contributed by atoms with Crippen LogP contribution < -0.4 is 0 Å². The number of hydrogen-bond donors (Lipinski definition) is 0. The van der Waals surface area contributed by atoms with Gasteiger partial charge in [0.1, 0.15) is 5.15 Å².